The van der Waals surface area contributed by atoms with Gasteiger partial charge in [-0.2, -0.15) is 0 Å². The fraction of sp³-hybridized carbons (Fsp3) is 0.0556. The van der Waals surface area contributed by atoms with Crippen LogP contribution in [0.2, 0.25) is 0 Å². The second kappa shape index (κ2) is 4.91. The van der Waals surface area contributed by atoms with E-state index >= 15 is 0 Å². The predicted molar refractivity (Wildman–Crippen MR) is 85.9 cm³/mol. The number of imide groups is 1. The molecule has 4 rings (SSSR count). The van der Waals surface area contributed by atoms with Crippen molar-refractivity contribution >= 4 is 17.5 Å². The van der Waals surface area contributed by atoms with Crippen molar-refractivity contribution in [2.45, 2.75) is 6.92 Å². The van der Waals surface area contributed by atoms with E-state index in [0.717, 1.165) is 11.3 Å². The van der Waals surface area contributed by atoms with Gasteiger partial charge < -0.3 is 4.57 Å². The number of nitrogens with zero attached hydrogens (tertiary/aromatic N) is 3. The number of anilines is 1. The molecule has 0 radical (unpaired) electrons. The average Bonchev–Trinajstić information content (AvgIpc) is 3.17. The Morgan fingerprint density at radius 2 is 1.65 bits per heavy atom. The number of aromatic nitrogens is 2. The highest BCUT2D eigenvalue weighted by Gasteiger charge is 2.36. The summed E-state index contributed by atoms with van der Waals surface area (Å²) in [5, 5.41) is 0. The molecule has 0 saturated heterocycles. The predicted octanol–water partition coefficient (Wildman–Crippen LogP) is 2.98. The number of carbonyl (C=O) groups is 2. The molecule has 0 atom stereocenters. The Kier molecular flexibility index (Phi) is 2.87. The van der Waals surface area contributed by atoms with E-state index in [1.807, 2.05) is 29.8 Å². The molecule has 0 unspecified atom stereocenters. The van der Waals surface area contributed by atoms with Gasteiger partial charge in [0.2, 0.25) is 0 Å². The molecule has 5 nitrogen and oxygen atoms in total. The molecule has 2 heterocycles. The zero-order valence-electron chi connectivity index (χ0n) is 12.4. The summed E-state index contributed by atoms with van der Waals surface area (Å²) in [6, 6.07) is 12.5. The van der Waals surface area contributed by atoms with Crippen molar-refractivity contribution in [1.82, 2.24) is 9.55 Å². The lowest BCUT2D eigenvalue weighted by Crippen LogP contribution is -2.30. The normalized spacial score (nSPS) is 13.5. The summed E-state index contributed by atoms with van der Waals surface area (Å²) in [6.07, 6.45) is 5.25. The van der Waals surface area contributed by atoms with Gasteiger partial charge in [0.1, 0.15) is 0 Å². The number of hydrogen-bond acceptors (Lipinski definition) is 3. The SMILES string of the molecule is Cc1cc(-n2ccnc2)ccc1N1C(=O)c2ccccc2C1=O. The first-order chi connectivity index (χ1) is 11.2. The van der Waals surface area contributed by atoms with Gasteiger partial charge in [-0.05, 0) is 42.8 Å². The van der Waals surface area contributed by atoms with E-state index < -0.39 is 0 Å². The molecular weight excluding hydrogens is 290 g/mol. The van der Waals surface area contributed by atoms with Crippen LogP contribution in [-0.2, 0) is 0 Å². The molecule has 23 heavy (non-hydrogen) atoms. The molecule has 2 amide bonds. The molecule has 0 fully saturated rings. The van der Waals surface area contributed by atoms with E-state index in [2.05, 4.69) is 4.98 Å². The maximum atomic E-state index is 12.6. The second-order valence-corrected chi connectivity index (χ2v) is 5.43. The molecule has 1 aliphatic rings. The Bertz CT molecular complexity index is 894. The fourth-order valence-electron chi connectivity index (χ4n) is 2.87. The Hall–Kier alpha value is -3.21. The molecule has 1 aromatic heterocycles. The van der Waals surface area contributed by atoms with Gasteiger partial charge >= 0.3 is 0 Å². The number of amides is 2. The second-order valence-electron chi connectivity index (χ2n) is 5.43. The van der Waals surface area contributed by atoms with Crippen LogP contribution in [0.5, 0.6) is 0 Å². The van der Waals surface area contributed by atoms with Gasteiger partial charge in [0.25, 0.3) is 11.8 Å². The molecule has 1 aliphatic heterocycles. The minimum Gasteiger partial charge on any atom is -0.306 e. The molecule has 0 spiro atoms. The van der Waals surface area contributed by atoms with Gasteiger partial charge in [-0.1, -0.05) is 12.1 Å². The van der Waals surface area contributed by atoms with Crippen LogP contribution in [0, 0.1) is 6.92 Å². The van der Waals surface area contributed by atoms with Gasteiger partial charge in [-0.15, -0.1) is 0 Å². The highest BCUT2D eigenvalue weighted by atomic mass is 16.2. The molecular formula is C18H13N3O2. The molecule has 0 bridgehead atoms. The third-order valence-electron chi connectivity index (χ3n) is 4.02. The summed E-state index contributed by atoms with van der Waals surface area (Å²) < 4.78 is 1.87. The van der Waals surface area contributed by atoms with Crippen molar-refractivity contribution in [3.05, 3.63) is 77.9 Å². The first-order valence-corrected chi connectivity index (χ1v) is 7.23. The van der Waals surface area contributed by atoms with Crippen molar-refractivity contribution in [3.63, 3.8) is 0 Å². The highest BCUT2D eigenvalue weighted by molar-refractivity contribution is 6.34. The van der Waals surface area contributed by atoms with E-state index in [0.29, 0.717) is 16.8 Å². The zero-order chi connectivity index (χ0) is 16.0. The molecule has 5 heteroatoms. The standard InChI is InChI=1S/C18H13N3O2/c1-12-10-13(20-9-8-19-11-20)6-7-16(12)21-17(22)14-4-2-3-5-15(14)18(21)23/h2-11H,1H3. The number of rotatable bonds is 2. The van der Waals surface area contributed by atoms with Crippen molar-refractivity contribution in [1.29, 1.82) is 0 Å². The lowest BCUT2D eigenvalue weighted by atomic mass is 10.1. The van der Waals surface area contributed by atoms with Crippen molar-refractivity contribution in [2.24, 2.45) is 0 Å². The lowest BCUT2D eigenvalue weighted by Gasteiger charge is -2.17. The third kappa shape index (κ3) is 1.97. The summed E-state index contributed by atoms with van der Waals surface area (Å²) in [5.74, 6) is -0.548. The molecule has 112 valence electrons. The monoisotopic (exact) mass is 303 g/mol. The van der Waals surface area contributed by atoms with Gasteiger partial charge in [0.15, 0.2) is 0 Å². The van der Waals surface area contributed by atoms with Crippen LogP contribution in [0.3, 0.4) is 0 Å². The van der Waals surface area contributed by atoms with Crippen molar-refractivity contribution in [2.75, 3.05) is 4.90 Å². The molecule has 0 N–H and O–H groups in total. The number of aryl methyl sites for hydroxylation is 1. The van der Waals surface area contributed by atoms with Crippen LogP contribution in [-0.4, -0.2) is 21.4 Å². The van der Waals surface area contributed by atoms with E-state index in [1.54, 1.807) is 42.9 Å². The number of imidazole rings is 1. The van der Waals surface area contributed by atoms with Crippen LogP contribution >= 0.6 is 0 Å². The summed E-state index contributed by atoms with van der Waals surface area (Å²) in [4.78, 5) is 30.4. The summed E-state index contributed by atoms with van der Waals surface area (Å²) >= 11 is 0. The van der Waals surface area contributed by atoms with Gasteiger partial charge in [0.05, 0.1) is 23.1 Å². The molecule has 2 aromatic carbocycles. The van der Waals surface area contributed by atoms with Crippen molar-refractivity contribution < 1.29 is 9.59 Å². The van der Waals surface area contributed by atoms with Crippen LogP contribution < -0.4 is 4.90 Å². The first kappa shape index (κ1) is 13.5. The third-order valence-corrected chi connectivity index (χ3v) is 4.02. The number of hydrogen-bond donors (Lipinski definition) is 0. The Morgan fingerprint density at radius 3 is 2.22 bits per heavy atom. The fourth-order valence-corrected chi connectivity index (χ4v) is 2.87. The van der Waals surface area contributed by atoms with Crippen LogP contribution in [0.4, 0.5) is 5.69 Å². The largest absolute Gasteiger partial charge is 0.306 e. The lowest BCUT2D eigenvalue weighted by molar-refractivity contribution is 0.0926. The van der Waals surface area contributed by atoms with E-state index in [-0.39, 0.29) is 11.8 Å². The summed E-state index contributed by atoms with van der Waals surface area (Å²) in [5.41, 5.74) is 3.30. The van der Waals surface area contributed by atoms with E-state index in [1.165, 1.54) is 4.90 Å². The smallest absolute Gasteiger partial charge is 0.266 e. The van der Waals surface area contributed by atoms with Crippen LogP contribution in [0.15, 0.2) is 61.2 Å². The van der Waals surface area contributed by atoms with Gasteiger partial charge in [-0.3, -0.25) is 9.59 Å². The number of carbonyl (C=O) groups excluding carboxylic acids is 2. The van der Waals surface area contributed by atoms with Crippen molar-refractivity contribution in [3.8, 4) is 5.69 Å². The first-order valence-electron chi connectivity index (χ1n) is 7.23. The molecule has 3 aromatic rings. The minimum absolute atomic E-state index is 0.274. The Morgan fingerprint density at radius 1 is 0.957 bits per heavy atom. The molecule has 0 saturated carbocycles. The highest BCUT2D eigenvalue weighted by Crippen LogP contribution is 2.31. The Balaban J connectivity index is 1.78. The zero-order valence-corrected chi connectivity index (χ0v) is 12.4. The summed E-state index contributed by atoms with van der Waals surface area (Å²) in [6.45, 7) is 1.89. The quantitative estimate of drug-likeness (QED) is 0.684. The average molecular weight is 303 g/mol. The maximum absolute atomic E-state index is 12.6. The minimum atomic E-state index is -0.274. The topological polar surface area (TPSA) is 55.2 Å². The van der Waals surface area contributed by atoms with Gasteiger partial charge in [-0.25, -0.2) is 9.88 Å². The molecule has 0 aliphatic carbocycles. The van der Waals surface area contributed by atoms with Crippen LogP contribution in [0.1, 0.15) is 26.3 Å². The summed E-state index contributed by atoms with van der Waals surface area (Å²) in [7, 11) is 0. The number of fused-ring (bicyclic) bond motifs is 1. The van der Waals surface area contributed by atoms with E-state index in [9.17, 15) is 9.59 Å². The number of benzene rings is 2. The van der Waals surface area contributed by atoms with Crippen LogP contribution in [0.25, 0.3) is 5.69 Å². The van der Waals surface area contributed by atoms with E-state index in [4.69, 9.17) is 0 Å². The Labute approximate surface area is 132 Å². The maximum Gasteiger partial charge on any atom is 0.266 e. The van der Waals surface area contributed by atoms with Gasteiger partial charge in [0, 0.05) is 18.1 Å².